The Kier molecular flexibility index (Phi) is 12.2. The van der Waals surface area contributed by atoms with Crippen LogP contribution in [-0.4, -0.2) is 70.6 Å². The Morgan fingerprint density at radius 3 is 1.93 bits per heavy atom. The number of nitrogens with one attached hydrogen (secondary N) is 3. The molecule has 29 heavy (non-hydrogen) atoms. The van der Waals surface area contributed by atoms with Gasteiger partial charge in [0.05, 0.1) is 6.04 Å². The van der Waals surface area contributed by atoms with E-state index in [2.05, 4.69) is 16.0 Å². The summed E-state index contributed by atoms with van der Waals surface area (Å²) in [5.41, 5.74) is 11.1. The largest absolute Gasteiger partial charge is 0.481 e. The Morgan fingerprint density at radius 1 is 0.828 bits per heavy atom. The summed E-state index contributed by atoms with van der Waals surface area (Å²) >= 11 is 0. The molecule has 166 valence electrons. The van der Waals surface area contributed by atoms with Crippen molar-refractivity contribution in [2.45, 2.75) is 70.1 Å². The Balaban J connectivity index is 4.93. The molecule has 0 radical (unpaired) electrons. The Labute approximate surface area is 168 Å². The van der Waals surface area contributed by atoms with Gasteiger partial charge < -0.3 is 37.6 Å². The van der Waals surface area contributed by atoms with Crippen molar-refractivity contribution >= 4 is 29.7 Å². The molecule has 0 fully saturated rings. The fourth-order valence-electron chi connectivity index (χ4n) is 2.23. The van der Waals surface area contributed by atoms with Crippen molar-refractivity contribution in [3.63, 3.8) is 0 Å². The molecule has 0 saturated carbocycles. The summed E-state index contributed by atoms with van der Waals surface area (Å²) in [6.07, 6.45) is 0.981. The van der Waals surface area contributed by atoms with Crippen molar-refractivity contribution in [2.75, 3.05) is 6.54 Å². The van der Waals surface area contributed by atoms with Gasteiger partial charge in [-0.25, -0.2) is 0 Å². The highest BCUT2D eigenvalue weighted by atomic mass is 16.4. The highest BCUT2D eigenvalue weighted by Gasteiger charge is 2.27. The van der Waals surface area contributed by atoms with E-state index in [1.165, 1.54) is 13.8 Å². The summed E-state index contributed by atoms with van der Waals surface area (Å²) < 4.78 is 0. The van der Waals surface area contributed by atoms with Gasteiger partial charge in [0.1, 0.15) is 18.1 Å². The zero-order chi connectivity index (χ0) is 22.6. The van der Waals surface area contributed by atoms with E-state index >= 15 is 0 Å². The summed E-state index contributed by atoms with van der Waals surface area (Å²) in [6.45, 7) is 3.05. The first-order valence-corrected chi connectivity index (χ1v) is 9.30. The lowest BCUT2D eigenvalue weighted by atomic mass is 10.1. The van der Waals surface area contributed by atoms with E-state index in [-0.39, 0.29) is 19.3 Å². The highest BCUT2D eigenvalue weighted by molar-refractivity contribution is 5.93. The van der Waals surface area contributed by atoms with Crippen molar-refractivity contribution in [1.29, 1.82) is 0 Å². The molecule has 4 unspecified atom stereocenters. The number of carbonyl (C=O) groups excluding carboxylic acids is 3. The van der Waals surface area contributed by atoms with Crippen molar-refractivity contribution in [1.82, 2.24) is 16.0 Å². The third-order valence-electron chi connectivity index (χ3n) is 4.07. The molecule has 12 nitrogen and oxygen atoms in total. The molecule has 0 rings (SSSR count). The number of unbranched alkanes of at least 4 members (excludes halogenated alkanes) is 1. The molecule has 0 saturated heterocycles. The van der Waals surface area contributed by atoms with Gasteiger partial charge >= 0.3 is 11.9 Å². The zero-order valence-electron chi connectivity index (χ0n) is 16.6. The molecule has 0 spiro atoms. The SMILES string of the molecule is CC(NC(=O)C(C)NC(=O)C(CCCCN)NC(=O)C(N)CCC(=O)O)C(=O)O. The van der Waals surface area contributed by atoms with Gasteiger partial charge in [-0.2, -0.15) is 0 Å². The van der Waals surface area contributed by atoms with Gasteiger partial charge in [0.25, 0.3) is 0 Å². The smallest absolute Gasteiger partial charge is 0.325 e. The molecule has 12 heteroatoms. The number of nitrogens with two attached hydrogens (primary N) is 2. The summed E-state index contributed by atoms with van der Waals surface area (Å²) in [6, 6.07) is -4.28. The summed E-state index contributed by atoms with van der Waals surface area (Å²) in [5.74, 6) is -4.35. The molecule has 0 aliphatic carbocycles. The van der Waals surface area contributed by atoms with E-state index in [0.29, 0.717) is 19.4 Å². The highest BCUT2D eigenvalue weighted by Crippen LogP contribution is 2.04. The summed E-state index contributed by atoms with van der Waals surface area (Å²) in [7, 11) is 0. The van der Waals surface area contributed by atoms with Crippen LogP contribution >= 0.6 is 0 Å². The van der Waals surface area contributed by atoms with Gasteiger partial charge in [0.2, 0.25) is 17.7 Å². The minimum absolute atomic E-state index is 0.0931. The van der Waals surface area contributed by atoms with E-state index in [0.717, 1.165) is 0 Å². The number of carboxylic acids is 2. The predicted octanol–water partition coefficient (Wildman–Crippen LogP) is -2.11. The molecule has 0 aliphatic rings. The predicted molar refractivity (Wildman–Crippen MR) is 103 cm³/mol. The molecule has 0 aromatic heterocycles. The number of rotatable bonds is 14. The average molecular weight is 417 g/mol. The van der Waals surface area contributed by atoms with Crippen LogP contribution in [0.1, 0.15) is 46.0 Å². The molecule has 3 amide bonds. The van der Waals surface area contributed by atoms with Crippen LogP contribution in [0.25, 0.3) is 0 Å². The van der Waals surface area contributed by atoms with E-state index in [1.807, 2.05) is 0 Å². The van der Waals surface area contributed by atoms with E-state index in [9.17, 15) is 24.0 Å². The second-order valence-electron chi connectivity index (χ2n) is 6.68. The number of hydrogen-bond acceptors (Lipinski definition) is 7. The molecule has 0 bridgehead atoms. The maximum atomic E-state index is 12.5. The molecule has 4 atom stereocenters. The fraction of sp³-hybridized carbons (Fsp3) is 0.706. The van der Waals surface area contributed by atoms with Gasteiger partial charge in [-0.1, -0.05) is 0 Å². The van der Waals surface area contributed by atoms with Crippen LogP contribution in [0.3, 0.4) is 0 Å². The lowest BCUT2D eigenvalue weighted by Gasteiger charge is -2.23. The second kappa shape index (κ2) is 13.4. The summed E-state index contributed by atoms with van der Waals surface area (Å²) in [5, 5.41) is 24.6. The topological polar surface area (TPSA) is 214 Å². The number of hydrogen-bond donors (Lipinski definition) is 7. The monoisotopic (exact) mass is 417 g/mol. The van der Waals surface area contributed by atoms with Crippen LogP contribution in [0.15, 0.2) is 0 Å². The standard InChI is InChI=1S/C17H31N5O7/c1-9(14(25)21-10(2)17(28)29)20-16(27)12(5-3-4-8-18)22-15(26)11(19)6-7-13(23)24/h9-12H,3-8,18-19H2,1-2H3,(H,20,27)(H,21,25)(H,22,26)(H,23,24)(H,28,29). The summed E-state index contributed by atoms with van der Waals surface area (Å²) in [4.78, 5) is 58.1. The minimum atomic E-state index is -1.22. The lowest BCUT2D eigenvalue weighted by Crippen LogP contribution is -2.56. The third kappa shape index (κ3) is 11.0. The lowest BCUT2D eigenvalue weighted by molar-refractivity contribution is -0.141. The fourth-order valence-corrected chi connectivity index (χ4v) is 2.23. The Morgan fingerprint density at radius 2 is 1.41 bits per heavy atom. The van der Waals surface area contributed by atoms with Gasteiger partial charge in [-0.05, 0) is 46.1 Å². The quantitative estimate of drug-likeness (QED) is 0.154. The number of amides is 3. The Hall–Kier alpha value is -2.73. The van der Waals surface area contributed by atoms with E-state index in [4.69, 9.17) is 21.7 Å². The van der Waals surface area contributed by atoms with Crippen molar-refractivity contribution in [3.8, 4) is 0 Å². The van der Waals surface area contributed by atoms with Crippen LogP contribution < -0.4 is 27.4 Å². The molecule has 9 N–H and O–H groups in total. The first kappa shape index (κ1) is 26.3. The van der Waals surface area contributed by atoms with Crippen LogP contribution in [-0.2, 0) is 24.0 Å². The number of carboxylic acid groups (broad SMARTS) is 2. The molecule has 0 heterocycles. The van der Waals surface area contributed by atoms with Gasteiger partial charge in [0, 0.05) is 6.42 Å². The minimum Gasteiger partial charge on any atom is -0.481 e. The van der Waals surface area contributed by atoms with Crippen LogP contribution in [0, 0.1) is 0 Å². The Bertz CT molecular complexity index is 599. The maximum absolute atomic E-state index is 12.5. The van der Waals surface area contributed by atoms with Gasteiger partial charge in [0.15, 0.2) is 0 Å². The molecular formula is C17H31N5O7. The van der Waals surface area contributed by atoms with Gasteiger partial charge in [-0.15, -0.1) is 0 Å². The average Bonchev–Trinajstić information content (AvgIpc) is 2.64. The van der Waals surface area contributed by atoms with Gasteiger partial charge in [-0.3, -0.25) is 24.0 Å². The van der Waals surface area contributed by atoms with Crippen molar-refractivity contribution in [2.24, 2.45) is 11.5 Å². The normalized spacial score (nSPS) is 14.8. The van der Waals surface area contributed by atoms with Crippen LogP contribution in [0.5, 0.6) is 0 Å². The van der Waals surface area contributed by atoms with E-state index in [1.54, 1.807) is 0 Å². The number of carbonyl (C=O) groups is 5. The zero-order valence-corrected chi connectivity index (χ0v) is 16.6. The molecule has 0 aromatic rings. The molecule has 0 aliphatic heterocycles. The van der Waals surface area contributed by atoms with Crippen LogP contribution in [0.2, 0.25) is 0 Å². The first-order valence-electron chi connectivity index (χ1n) is 9.30. The van der Waals surface area contributed by atoms with Crippen molar-refractivity contribution < 1.29 is 34.2 Å². The second-order valence-corrected chi connectivity index (χ2v) is 6.68. The maximum Gasteiger partial charge on any atom is 0.325 e. The number of aliphatic carboxylic acids is 2. The first-order chi connectivity index (χ1) is 13.5. The van der Waals surface area contributed by atoms with E-state index < -0.39 is 53.8 Å². The molecular weight excluding hydrogens is 386 g/mol. The molecule has 0 aromatic carbocycles. The van der Waals surface area contributed by atoms with Crippen LogP contribution in [0.4, 0.5) is 0 Å². The van der Waals surface area contributed by atoms with Crippen molar-refractivity contribution in [3.05, 3.63) is 0 Å². The third-order valence-corrected chi connectivity index (χ3v) is 4.07.